The molecule has 2 aromatic rings. The number of piperidine rings is 1. The van der Waals surface area contributed by atoms with Crippen LogP contribution in [0.15, 0.2) is 24.5 Å². The number of nitrogens with zero attached hydrogens (tertiary/aromatic N) is 3. The predicted molar refractivity (Wildman–Crippen MR) is 68.3 cm³/mol. The number of rotatable bonds is 3. The van der Waals surface area contributed by atoms with E-state index in [2.05, 4.69) is 25.5 Å². The van der Waals surface area contributed by atoms with Crippen molar-refractivity contribution in [3.05, 3.63) is 41.7 Å². The van der Waals surface area contributed by atoms with Gasteiger partial charge in [-0.15, -0.1) is 0 Å². The first kappa shape index (κ1) is 11.3. The third-order valence-electron chi connectivity index (χ3n) is 3.37. The molecule has 2 aromatic heterocycles. The topological polar surface area (TPSA) is 66.5 Å². The number of nitrogens with one attached hydrogen (secondary N) is 2. The molecule has 0 aliphatic carbocycles. The molecule has 0 unspecified atom stereocenters. The molecule has 0 bridgehead atoms. The van der Waals surface area contributed by atoms with Crippen LogP contribution in [0.1, 0.15) is 36.0 Å². The Morgan fingerprint density at radius 2 is 1.94 bits per heavy atom. The van der Waals surface area contributed by atoms with E-state index in [-0.39, 0.29) is 0 Å². The standard InChI is InChI=1S/C13H17N5/c1-5-14-6-2-10(1)9-12-16-13(18-17-12)11-3-7-15-8-4-11/h1-2,5-6,11,15H,3-4,7-9H2,(H,16,17,18). The van der Waals surface area contributed by atoms with E-state index in [1.54, 1.807) is 12.4 Å². The van der Waals surface area contributed by atoms with Gasteiger partial charge in [-0.2, -0.15) is 5.10 Å². The van der Waals surface area contributed by atoms with Gasteiger partial charge in [0.1, 0.15) is 5.82 Å². The van der Waals surface area contributed by atoms with Gasteiger partial charge in [0.2, 0.25) is 0 Å². The first-order valence-corrected chi connectivity index (χ1v) is 6.42. The lowest BCUT2D eigenvalue weighted by Gasteiger charge is -2.19. The van der Waals surface area contributed by atoms with E-state index >= 15 is 0 Å². The Labute approximate surface area is 106 Å². The van der Waals surface area contributed by atoms with Crippen molar-refractivity contribution >= 4 is 0 Å². The van der Waals surface area contributed by atoms with E-state index in [9.17, 15) is 0 Å². The fraction of sp³-hybridized carbons (Fsp3) is 0.462. The van der Waals surface area contributed by atoms with Gasteiger partial charge in [-0.05, 0) is 43.6 Å². The molecule has 94 valence electrons. The number of aromatic nitrogens is 4. The zero-order valence-corrected chi connectivity index (χ0v) is 10.3. The third kappa shape index (κ3) is 2.56. The third-order valence-corrected chi connectivity index (χ3v) is 3.37. The van der Waals surface area contributed by atoms with Gasteiger partial charge in [-0.25, -0.2) is 4.98 Å². The van der Waals surface area contributed by atoms with Gasteiger partial charge < -0.3 is 5.32 Å². The quantitative estimate of drug-likeness (QED) is 0.851. The molecule has 0 spiro atoms. The molecule has 3 rings (SSSR count). The van der Waals surface area contributed by atoms with Crippen molar-refractivity contribution in [1.29, 1.82) is 0 Å². The van der Waals surface area contributed by atoms with Crippen molar-refractivity contribution in [2.24, 2.45) is 0 Å². The van der Waals surface area contributed by atoms with Crippen LogP contribution in [0, 0.1) is 0 Å². The maximum atomic E-state index is 4.61. The minimum absolute atomic E-state index is 0.508. The second-order valence-electron chi connectivity index (χ2n) is 4.70. The van der Waals surface area contributed by atoms with Crippen LogP contribution >= 0.6 is 0 Å². The summed E-state index contributed by atoms with van der Waals surface area (Å²) in [5.74, 6) is 2.42. The van der Waals surface area contributed by atoms with Crippen LogP contribution in [0.4, 0.5) is 0 Å². The molecule has 5 nitrogen and oxygen atoms in total. The summed E-state index contributed by atoms with van der Waals surface area (Å²) in [6.07, 6.45) is 6.67. The summed E-state index contributed by atoms with van der Waals surface area (Å²) in [4.78, 5) is 8.63. The van der Waals surface area contributed by atoms with Crippen molar-refractivity contribution in [3.8, 4) is 0 Å². The molecule has 0 radical (unpaired) electrons. The average Bonchev–Trinajstić information content (AvgIpc) is 2.89. The van der Waals surface area contributed by atoms with Gasteiger partial charge in [-0.3, -0.25) is 10.1 Å². The fourth-order valence-corrected chi connectivity index (χ4v) is 2.35. The van der Waals surface area contributed by atoms with Gasteiger partial charge in [0, 0.05) is 24.7 Å². The van der Waals surface area contributed by atoms with E-state index in [4.69, 9.17) is 0 Å². The Morgan fingerprint density at radius 3 is 2.72 bits per heavy atom. The van der Waals surface area contributed by atoms with Crippen molar-refractivity contribution in [3.63, 3.8) is 0 Å². The first-order valence-electron chi connectivity index (χ1n) is 6.42. The Morgan fingerprint density at radius 1 is 1.17 bits per heavy atom. The molecule has 18 heavy (non-hydrogen) atoms. The highest BCUT2D eigenvalue weighted by molar-refractivity contribution is 5.15. The number of hydrogen-bond acceptors (Lipinski definition) is 4. The van der Waals surface area contributed by atoms with E-state index in [0.717, 1.165) is 44.0 Å². The molecule has 0 saturated carbocycles. The summed E-state index contributed by atoms with van der Waals surface area (Å²) in [7, 11) is 0. The number of pyridine rings is 1. The fourth-order valence-electron chi connectivity index (χ4n) is 2.35. The molecule has 5 heteroatoms. The molecular weight excluding hydrogens is 226 g/mol. The lowest BCUT2D eigenvalue weighted by molar-refractivity contribution is 0.446. The molecule has 0 amide bonds. The minimum atomic E-state index is 0.508. The van der Waals surface area contributed by atoms with Crippen LogP contribution in [0.3, 0.4) is 0 Å². The van der Waals surface area contributed by atoms with Crippen LogP contribution < -0.4 is 5.32 Å². The van der Waals surface area contributed by atoms with E-state index in [0.29, 0.717) is 5.92 Å². The van der Waals surface area contributed by atoms with Gasteiger partial charge in [0.15, 0.2) is 5.82 Å². The predicted octanol–water partition coefficient (Wildman–Crippen LogP) is 1.26. The van der Waals surface area contributed by atoms with Gasteiger partial charge in [0.05, 0.1) is 0 Å². The highest BCUT2D eigenvalue weighted by atomic mass is 15.2. The largest absolute Gasteiger partial charge is 0.317 e. The van der Waals surface area contributed by atoms with E-state index < -0.39 is 0 Å². The van der Waals surface area contributed by atoms with Crippen LogP contribution in [0.5, 0.6) is 0 Å². The second kappa shape index (κ2) is 5.27. The van der Waals surface area contributed by atoms with Crippen LogP contribution in [-0.2, 0) is 6.42 Å². The molecule has 1 saturated heterocycles. The molecular formula is C13H17N5. The number of hydrogen-bond donors (Lipinski definition) is 2. The lowest BCUT2D eigenvalue weighted by atomic mass is 9.98. The Balaban J connectivity index is 1.69. The molecule has 0 atom stereocenters. The lowest BCUT2D eigenvalue weighted by Crippen LogP contribution is -2.27. The molecule has 0 aromatic carbocycles. The zero-order chi connectivity index (χ0) is 12.2. The minimum Gasteiger partial charge on any atom is -0.317 e. The highest BCUT2D eigenvalue weighted by Gasteiger charge is 2.19. The Bertz CT molecular complexity index is 487. The van der Waals surface area contributed by atoms with Crippen LogP contribution in [0.25, 0.3) is 0 Å². The van der Waals surface area contributed by atoms with Crippen molar-refractivity contribution in [2.45, 2.75) is 25.2 Å². The summed E-state index contributed by atoms with van der Waals surface area (Å²) >= 11 is 0. The van der Waals surface area contributed by atoms with Gasteiger partial charge in [-0.1, -0.05) is 0 Å². The van der Waals surface area contributed by atoms with Crippen molar-refractivity contribution < 1.29 is 0 Å². The first-order chi connectivity index (χ1) is 8.92. The van der Waals surface area contributed by atoms with Crippen molar-refractivity contribution in [2.75, 3.05) is 13.1 Å². The van der Waals surface area contributed by atoms with E-state index in [1.807, 2.05) is 12.1 Å². The summed E-state index contributed by atoms with van der Waals surface area (Å²) in [5, 5.41) is 10.8. The molecule has 1 aliphatic rings. The maximum Gasteiger partial charge on any atom is 0.153 e. The van der Waals surface area contributed by atoms with Crippen LogP contribution in [-0.4, -0.2) is 33.3 Å². The molecule has 3 heterocycles. The van der Waals surface area contributed by atoms with Crippen LogP contribution in [0.2, 0.25) is 0 Å². The van der Waals surface area contributed by atoms with Gasteiger partial charge in [0.25, 0.3) is 0 Å². The zero-order valence-electron chi connectivity index (χ0n) is 10.3. The summed E-state index contributed by atoms with van der Waals surface area (Å²) in [6.45, 7) is 2.14. The van der Waals surface area contributed by atoms with Crippen molar-refractivity contribution in [1.82, 2.24) is 25.5 Å². The van der Waals surface area contributed by atoms with E-state index in [1.165, 1.54) is 5.56 Å². The second-order valence-corrected chi connectivity index (χ2v) is 4.70. The normalized spacial score (nSPS) is 16.9. The smallest absolute Gasteiger partial charge is 0.153 e. The maximum absolute atomic E-state index is 4.61. The number of H-pyrrole nitrogens is 1. The molecule has 2 N–H and O–H groups in total. The van der Waals surface area contributed by atoms with Gasteiger partial charge >= 0.3 is 0 Å². The molecule has 1 aliphatic heterocycles. The Kier molecular flexibility index (Phi) is 3.32. The highest BCUT2D eigenvalue weighted by Crippen LogP contribution is 2.21. The Hall–Kier alpha value is -1.75. The summed E-state index contributed by atoms with van der Waals surface area (Å²) in [5.41, 5.74) is 1.21. The monoisotopic (exact) mass is 243 g/mol. The summed E-state index contributed by atoms with van der Waals surface area (Å²) < 4.78 is 0. The molecule has 1 fully saturated rings. The SMILES string of the molecule is c1cc(Cc2nc(C3CCNCC3)n[nH]2)ccn1. The average molecular weight is 243 g/mol. The summed E-state index contributed by atoms with van der Waals surface area (Å²) in [6, 6.07) is 4.01. The number of aromatic amines is 1.